The van der Waals surface area contributed by atoms with Crippen LogP contribution in [0, 0.1) is 0 Å². The summed E-state index contributed by atoms with van der Waals surface area (Å²) in [6.07, 6.45) is 8.66. The fourth-order valence-corrected chi connectivity index (χ4v) is 4.29. The second-order valence-corrected chi connectivity index (χ2v) is 7.81. The number of benzene rings is 1. The number of rotatable bonds is 6. The number of nitrogens with zero attached hydrogens (tertiary/aromatic N) is 2. The number of likely N-dealkylation sites (tertiary alicyclic amines) is 1. The summed E-state index contributed by atoms with van der Waals surface area (Å²) in [6, 6.07) is 11.9. The van der Waals surface area contributed by atoms with Gasteiger partial charge in [0, 0.05) is 25.4 Å². The van der Waals surface area contributed by atoms with E-state index in [9.17, 15) is 4.79 Å². The first-order valence-corrected chi connectivity index (χ1v) is 10.5. The molecule has 154 valence electrons. The molecule has 0 spiro atoms. The van der Waals surface area contributed by atoms with Gasteiger partial charge in [-0.2, -0.15) is 0 Å². The molecule has 2 aromatic rings. The Morgan fingerprint density at radius 1 is 1.17 bits per heavy atom. The third kappa shape index (κ3) is 4.81. The highest BCUT2D eigenvalue weighted by Crippen LogP contribution is 2.33. The molecule has 6 heteroatoms. The molecule has 2 aliphatic rings. The van der Waals surface area contributed by atoms with Crippen molar-refractivity contribution in [2.75, 3.05) is 13.7 Å². The lowest BCUT2D eigenvalue weighted by Crippen LogP contribution is -2.39. The zero-order valence-corrected chi connectivity index (χ0v) is 17.0. The molecular formula is C23H29N3O3. The van der Waals surface area contributed by atoms with Crippen LogP contribution in [0.5, 0.6) is 11.6 Å². The Kier molecular flexibility index (Phi) is 6.17. The van der Waals surface area contributed by atoms with Crippen LogP contribution >= 0.6 is 0 Å². The van der Waals surface area contributed by atoms with E-state index in [1.165, 1.54) is 12.8 Å². The second kappa shape index (κ2) is 9.16. The lowest BCUT2D eigenvalue weighted by molar-refractivity contribution is 0.192. The summed E-state index contributed by atoms with van der Waals surface area (Å²) in [7, 11) is 1.66. The predicted octanol–water partition coefficient (Wildman–Crippen LogP) is 4.46. The van der Waals surface area contributed by atoms with Crippen molar-refractivity contribution in [3.63, 3.8) is 0 Å². The SMILES string of the molecule is COc1cccc(C2CCCN2C(=O)NCc2ccnc(OC3CCCC3)c2)c1. The molecule has 29 heavy (non-hydrogen) atoms. The number of methoxy groups -OCH3 is 1. The zero-order chi connectivity index (χ0) is 20.1. The van der Waals surface area contributed by atoms with Gasteiger partial charge in [-0.25, -0.2) is 9.78 Å². The van der Waals surface area contributed by atoms with Gasteiger partial charge in [0.15, 0.2) is 0 Å². The van der Waals surface area contributed by atoms with Gasteiger partial charge in [-0.1, -0.05) is 12.1 Å². The molecule has 1 atom stereocenters. The molecule has 4 rings (SSSR count). The number of carbonyl (C=O) groups is 1. The third-order valence-corrected chi connectivity index (χ3v) is 5.82. The van der Waals surface area contributed by atoms with E-state index in [2.05, 4.69) is 16.4 Å². The number of amides is 2. The summed E-state index contributed by atoms with van der Waals surface area (Å²) in [5.74, 6) is 1.47. The topological polar surface area (TPSA) is 63.7 Å². The Morgan fingerprint density at radius 2 is 2.03 bits per heavy atom. The van der Waals surface area contributed by atoms with Gasteiger partial charge in [0.2, 0.25) is 5.88 Å². The van der Waals surface area contributed by atoms with E-state index >= 15 is 0 Å². The van der Waals surface area contributed by atoms with E-state index in [4.69, 9.17) is 9.47 Å². The standard InChI is InChI=1S/C23H29N3O3/c1-28-20-9-4-6-18(15-20)21-10-5-13-26(21)23(27)25-16-17-11-12-24-22(14-17)29-19-7-2-3-8-19/h4,6,9,11-12,14-15,19,21H,2-3,5,7-8,10,13,16H2,1H3,(H,25,27). The highest BCUT2D eigenvalue weighted by Gasteiger charge is 2.30. The fourth-order valence-electron chi connectivity index (χ4n) is 4.29. The van der Waals surface area contributed by atoms with E-state index in [-0.39, 0.29) is 18.2 Å². The minimum Gasteiger partial charge on any atom is -0.497 e. The maximum absolute atomic E-state index is 12.9. The Bertz CT molecular complexity index is 836. The maximum atomic E-state index is 12.9. The van der Waals surface area contributed by atoms with Crippen molar-refractivity contribution in [3.05, 3.63) is 53.7 Å². The van der Waals surface area contributed by atoms with E-state index < -0.39 is 0 Å². The molecule has 2 fully saturated rings. The Labute approximate surface area is 172 Å². The molecule has 1 aromatic carbocycles. The molecule has 2 heterocycles. The summed E-state index contributed by atoms with van der Waals surface area (Å²) >= 11 is 0. The number of hydrogen-bond acceptors (Lipinski definition) is 4. The van der Waals surface area contributed by atoms with Crippen molar-refractivity contribution in [1.29, 1.82) is 0 Å². The van der Waals surface area contributed by atoms with Crippen LogP contribution in [0.1, 0.15) is 55.7 Å². The average Bonchev–Trinajstić information content (AvgIpc) is 3.44. The fraction of sp³-hybridized carbons (Fsp3) is 0.478. The van der Waals surface area contributed by atoms with Crippen LogP contribution in [-0.4, -0.2) is 35.7 Å². The van der Waals surface area contributed by atoms with E-state index in [0.717, 1.165) is 49.1 Å². The molecule has 1 unspecified atom stereocenters. The summed E-state index contributed by atoms with van der Waals surface area (Å²) in [4.78, 5) is 19.1. The Hall–Kier alpha value is -2.76. The first kappa shape index (κ1) is 19.6. The van der Waals surface area contributed by atoms with Crippen molar-refractivity contribution >= 4 is 6.03 Å². The van der Waals surface area contributed by atoms with Crippen LogP contribution in [0.25, 0.3) is 0 Å². The van der Waals surface area contributed by atoms with Gasteiger partial charge in [0.25, 0.3) is 0 Å². The number of aromatic nitrogens is 1. The van der Waals surface area contributed by atoms with E-state index in [1.54, 1.807) is 13.3 Å². The number of hydrogen-bond donors (Lipinski definition) is 1. The number of carbonyl (C=O) groups excluding carboxylic acids is 1. The van der Waals surface area contributed by atoms with Gasteiger partial charge in [0.1, 0.15) is 11.9 Å². The van der Waals surface area contributed by atoms with Crippen LogP contribution in [-0.2, 0) is 6.54 Å². The minimum atomic E-state index is -0.0367. The van der Waals surface area contributed by atoms with Crippen molar-refractivity contribution in [3.8, 4) is 11.6 Å². The molecule has 1 aliphatic heterocycles. The molecule has 1 N–H and O–H groups in total. The van der Waals surface area contributed by atoms with Gasteiger partial charge in [-0.3, -0.25) is 0 Å². The maximum Gasteiger partial charge on any atom is 0.318 e. The van der Waals surface area contributed by atoms with Gasteiger partial charge >= 0.3 is 6.03 Å². The molecule has 1 saturated carbocycles. The molecule has 0 radical (unpaired) electrons. The van der Waals surface area contributed by atoms with Crippen molar-refractivity contribution < 1.29 is 14.3 Å². The van der Waals surface area contributed by atoms with Crippen LogP contribution in [0.4, 0.5) is 4.79 Å². The van der Waals surface area contributed by atoms with E-state index in [1.807, 2.05) is 35.2 Å². The quantitative estimate of drug-likeness (QED) is 0.784. The monoisotopic (exact) mass is 395 g/mol. The first-order valence-electron chi connectivity index (χ1n) is 10.5. The molecule has 1 aliphatic carbocycles. The average molecular weight is 396 g/mol. The lowest BCUT2D eigenvalue weighted by atomic mass is 10.0. The van der Waals surface area contributed by atoms with Crippen molar-refractivity contribution in [1.82, 2.24) is 15.2 Å². The number of nitrogens with one attached hydrogen (secondary N) is 1. The van der Waals surface area contributed by atoms with Crippen LogP contribution in [0.2, 0.25) is 0 Å². The zero-order valence-electron chi connectivity index (χ0n) is 17.0. The molecular weight excluding hydrogens is 366 g/mol. The number of urea groups is 1. The molecule has 6 nitrogen and oxygen atoms in total. The van der Waals surface area contributed by atoms with Crippen LogP contribution < -0.4 is 14.8 Å². The minimum absolute atomic E-state index is 0.0367. The van der Waals surface area contributed by atoms with E-state index in [0.29, 0.717) is 12.4 Å². The van der Waals surface area contributed by atoms with Gasteiger partial charge in [-0.15, -0.1) is 0 Å². The highest BCUT2D eigenvalue weighted by atomic mass is 16.5. The van der Waals surface area contributed by atoms with Gasteiger partial charge in [-0.05, 0) is 67.9 Å². The lowest BCUT2D eigenvalue weighted by Gasteiger charge is -2.25. The van der Waals surface area contributed by atoms with Crippen molar-refractivity contribution in [2.24, 2.45) is 0 Å². The normalized spacial score (nSPS) is 19.3. The number of ether oxygens (including phenoxy) is 2. The molecule has 1 saturated heterocycles. The second-order valence-electron chi connectivity index (χ2n) is 7.81. The highest BCUT2D eigenvalue weighted by molar-refractivity contribution is 5.75. The smallest absolute Gasteiger partial charge is 0.318 e. The molecule has 0 bridgehead atoms. The van der Waals surface area contributed by atoms with Crippen LogP contribution in [0.15, 0.2) is 42.6 Å². The summed E-state index contributed by atoms with van der Waals surface area (Å²) in [6.45, 7) is 1.23. The Balaban J connectivity index is 1.36. The van der Waals surface area contributed by atoms with Crippen LogP contribution in [0.3, 0.4) is 0 Å². The summed E-state index contributed by atoms with van der Waals surface area (Å²) in [5, 5.41) is 3.06. The summed E-state index contributed by atoms with van der Waals surface area (Å²) < 4.78 is 11.3. The van der Waals surface area contributed by atoms with Crippen molar-refractivity contribution in [2.45, 2.75) is 57.2 Å². The largest absolute Gasteiger partial charge is 0.497 e. The Morgan fingerprint density at radius 3 is 2.86 bits per heavy atom. The number of pyridine rings is 1. The third-order valence-electron chi connectivity index (χ3n) is 5.82. The molecule has 1 aromatic heterocycles. The van der Waals surface area contributed by atoms with Gasteiger partial charge in [0.05, 0.1) is 13.2 Å². The first-order chi connectivity index (χ1) is 14.2. The van der Waals surface area contributed by atoms with Gasteiger partial charge < -0.3 is 19.7 Å². The predicted molar refractivity (Wildman–Crippen MR) is 111 cm³/mol. The summed E-state index contributed by atoms with van der Waals surface area (Å²) in [5.41, 5.74) is 2.12. The molecule has 2 amide bonds.